The lowest BCUT2D eigenvalue weighted by Crippen LogP contribution is -2.56. The van der Waals surface area contributed by atoms with Crippen molar-refractivity contribution >= 4 is 23.5 Å². The summed E-state index contributed by atoms with van der Waals surface area (Å²) < 4.78 is 6.31. The summed E-state index contributed by atoms with van der Waals surface area (Å²) in [6.07, 6.45) is 5.13. The molecule has 1 aromatic carbocycles. The maximum atomic E-state index is 14.3. The van der Waals surface area contributed by atoms with Crippen LogP contribution >= 0.6 is 0 Å². The van der Waals surface area contributed by atoms with Gasteiger partial charge in [-0.05, 0) is 56.7 Å². The van der Waals surface area contributed by atoms with Crippen molar-refractivity contribution in [3.05, 3.63) is 42.0 Å². The number of rotatable bonds is 11. The number of unbranched alkanes of at least 4 members (excludes halogenated alkanes) is 3. The number of ether oxygens (including phenoxy) is 1. The Hall–Kier alpha value is -2.71. The van der Waals surface area contributed by atoms with Gasteiger partial charge in [0, 0.05) is 25.4 Å². The van der Waals surface area contributed by atoms with Gasteiger partial charge < -0.3 is 24.7 Å². The van der Waals surface area contributed by atoms with E-state index in [1.165, 1.54) is 0 Å². The Morgan fingerprint density at radius 2 is 2.00 bits per heavy atom. The summed E-state index contributed by atoms with van der Waals surface area (Å²) in [6, 6.07) is 5.02. The molecule has 190 valence electrons. The van der Waals surface area contributed by atoms with Crippen LogP contribution in [-0.2, 0) is 19.1 Å². The van der Waals surface area contributed by atoms with E-state index in [1.54, 1.807) is 15.9 Å². The Bertz CT molecular complexity index is 1010. The van der Waals surface area contributed by atoms with Crippen molar-refractivity contribution in [3.8, 4) is 0 Å². The second-order valence-electron chi connectivity index (χ2n) is 10.1. The van der Waals surface area contributed by atoms with Gasteiger partial charge in [0.2, 0.25) is 5.91 Å². The fourth-order valence-electron chi connectivity index (χ4n) is 6.30. The van der Waals surface area contributed by atoms with Gasteiger partial charge >= 0.3 is 5.97 Å². The topological polar surface area (TPSA) is 107 Å². The molecule has 1 aromatic rings. The molecule has 3 saturated heterocycles. The number of hydrogen-bond acceptors (Lipinski definition) is 5. The first-order valence-electron chi connectivity index (χ1n) is 12.6. The molecule has 0 aromatic heterocycles. The molecule has 3 aliphatic rings. The van der Waals surface area contributed by atoms with Gasteiger partial charge in [-0.25, -0.2) is 0 Å². The van der Waals surface area contributed by atoms with Gasteiger partial charge in [-0.1, -0.05) is 31.1 Å². The Labute approximate surface area is 206 Å². The van der Waals surface area contributed by atoms with Crippen molar-refractivity contribution in [1.82, 2.24) is 4.90 Å². The SMILES string of the molecule is C=CCN(C(=O)C1N(CCCCCCO)C(=O)[C@@H]2[C@@H](C(=O)O)[C@H]3CCC12O3)c1cc(C)ccc1C. The van der Waals surface area contributed by atoms with Gasteiger partial charge in [0.25, 0.3) is 5.91 Å². The Morgan fingerprint density at radius 1 is 1.26 bits per heavy atom. The Kier molecular flexibility index (Phi) is 7.33. The monoisotopic (exact) mass is 484 g/mol. The molecule has 8 heteroatoms. The molecule has 3 aliphatic heterocycles. The molecule has 1 spiro atoms. The van der Waals surface area contributed by atoms with Crippen molar-refractivity contribution in [2.45, 2.75) is 70.1 Å². The van der Waals surface area contributed by atoms with Gasteiger partial charge in [-0.15, -0.1) is 6.58 Å². The normalized spacial score (nSPS) is 28.9. The van der Waals surface area contributed by atoms with Crippen molar-refractivity contribution < 1.29 is 29.3 Å². The molecule has 2 N–H and O–H groups in total. The minimum absolute atomic E-state index is 0.122. The highest BCUT2D eigenvalue weighted by Gasteiger charge is 2.74. The number of carbonyl (C=O) groups is 3. The van der Waals surface area contributed by atoms with E-state index in [9.17, 15) is 19.5 Å². The van der Waals surface area contributed by atoms with E-state index in [0.717, 1.165) is 29.7 Å². The maximum Gasteiger partial charge on any atom is 0.310 e. The van der Waals surface area contributed by atoms with Crippen molar-refractivity contribution in [2.24, 2.45) is 11.8 Å². The molecule has 5 atom stereocenters. The van der Waals surface area contributed by atoms with Crippen LogP contribution in [0.5, 0.6) is 0 Å². The zero-order valence-corrected chi connectivity index (χ0v) is 20.6. The van der Waals surface area contributed by atoms with Gasteiger partial charge in [-0.3, -0.25) is 14.4 Å². The first-order chi connectivity index (χ1) is 16.8. The lowest BCUT2D eigenvalue weighted by atomic mass is 9.70. The molecule has 4 rings (SSSR count). The highest BCUT2D eigenvalue weighted by Crippen LogP contribution is 2.58. The van der Waals surface area contributed by atoms with Gasteiger partial charge in [0.15, 0.2) is 0 Å². The number of aliphatic hydroxyl groups is 1. The van der Waals surface area contributed by atoms with Crippen molar-refractivity contribution in [2.75, 3.05) is 24.6 Å². The smallest absolute Gasteiger partial charge is 0.310 e. The molecule has 2 amide bonds. The lowest BCUT2D eigenvalue weighted by Gasteiger charge is -2.37. The molecule has 35 heavy (non-hydrogen) atoms. The minimum Gasteiger partial charge on any atom is -0.481 e. The van der Waals surface area contributed by atoms with E-state index >= 15 is 0 Å². The number of benzene rings is 1. The summed E-state index contributed by atoms with van der Waals surface area (Å²) in [6.45, 7) is 8.49. The van der Waals surface area contributed by atoms with Crippen LogP contribution in [0.3, 0.4) is 0 Å². The number of carboxylic acids is 1. The van der Waals surface area contributed by atoms with Crippen LogP contribution < -0.4 is 4.90 Å². The predicted molar refractivity (Wildman–Crippen MR) is 131 cm³/mol. The summed E-state index contributed by atoms with van der Waals surface area (Å²) in [7, 11) is 0. The zero-order chi connectivity index (χ0) is 25.3. The lowest BCUT2D eigenvalue weighted by molar-refractivity contribution is -0.149. The van der Waals surface area contributed by atoms with E-state index in [2.05, 4.69) is 6.58 Å². The molecule has 8 nitrogen and oxygen atoms in total. The second kappa shape index (κ2) is 10.1. The molecule has 2 unspecified atom stereocenters. The predicted octanol–water partition coefficient (Wildman–Crippen LogP) is 2.83. The number of fused-ring (bicyclic) bond motifs is 1. The Balaban J connectivity index is 1.72. The third kappa shape index (κ3) is 4.27. The number of aliphatic hydroxyl groups excluding tert-OH is 1. The summed E-state index contributed by atoms with van der Waals surface area (Å²) >= 11 is 0. The van der Waals surface area contributed by atoms with Crippen LogP contribution in [0.4, 0.5) is 5.69 Å². The van der Waals surface area contributed by atoms with Crippen LogP contribution in [0.1, 0.15) is 49.7 Å². The van der Waals surface area contributed by atoms with E-state index in [-0.39, 0.29) is 25.0 Å². The standard InChI is InChI=1S/C27H36N2O6/c1-4-13-28(19-16-17(2)9-10-18(19)3)25(32)23-27-12-11-20(35-27)21(26(33)34)22(27)24(31)29(23)14-7-5-6-8-15-30/h4,9-10,16,20-23,30H,1,5-8,11-15H2,2-3H3,(H,33,34)/t20-,21+,22+,23?,27?/m1/s1. The number of likely N-dealkylation sites (tertiary alicyclic amines) is 1. The highest BCUT2D eigenvalue weighted by molar-refractivity contribution is 6.05. The van der Waals surface area contributed by atoms with Gasteiger partial charge in [-0.2, -0.15) is 0 Å². The van der Waals surface area contributed by atoms with Crippen LogP contribution in [0, 0.1) is 25.7 Å². The third-order valence-electron chi connectivity index (χ3n) is 7.86. The molecule has 3 heterocycles. The average Bonchev–Trinajstić information content (AvgIpc) is 3.46. The number of amides is 2. The second-order valence-corrected chi connectivity index (χ2v) is 10.1. The molecule has 0 aliphatic carbocycles. The molecule has 0 saturated carbocycles. The summed E-state index contributed by atoms with van der Waals surface area (Å²) in [5.74, 6) is -3.37. The number of carbonyl (C=O) groups excluding carboxylic acids is 2. The van der Waals surface area contributed by atoms with Crippen molar-refractivity contribution in [3.63, 3.8) is 0 Å². The number of aryl methyl sites for hydroxylation is 2. The highest BCUT2D eigenvalue weighted by atomic mass is 16.5. The van der Waals surface area contributed by atoms with Gasteiger partial charge in [0.05, 0.1) is 17.9 Å². The van der Waals surface area contributed by atoms with Crippen LogP contribution in [0.2, 0.25) is 0 Å². The van der Waals surface area contributed by atoms with Gasteiger partial charge in [0.1, 0.15) is 11.6 Å². The first kappa shape index (κ1) is 25.4. The van der Waals surface area contributed by atoms with Crippen LogP contribution in [0.15, 0.2) is 30.9 Å². The van der Waals surface area contributed by atoms with E-state index < -0.39 is 35.6 Å². The number of aliphatic carboxylic acids is 1. The summed E-state index contributed by atoms with van der Waals surface area (Å²) in [5, 5.41) is 19.0. The molecule has 3 fully saturated rings. The van der Waals surface area contributed by atoms with E-state index in [0.29, 0.717) is 32.2 Å². The third-order valence-corrected chi connectivity index (χ3v) is 7.86. The zero-order valence-electron chi connectivity index (χ0n) is 20.6. The average molecular weight is 485 g/mol. The maximum absolute atomic E-state index is 14.3. The number of anilines is 1. The molecule has 2 bridgehead atoms. The molecule has 0 radical (unpaired) electrons. The molecular formula is C27H36N2O6. The Morgan fingerprint density at radius 3 is 2.69 bits per heavy atom. The minimum atomic E-state index is -1.12. The summed E-state index contributed by atoms with van der Waals surface area (Å²) in [4.78, 5) is 43.4. The summed E-state index contributed by atoms with van der Waals surface area (Å²) in [5.41, 5.74) is 1.58. The number of carboxylic acid groups (broad SMARTS) is 1. The number of hydrogen-bond donors (Lipinski definition) is 2. The fraction of sp³-hybridized carbons (Fsp3) is 0.593. The van der Waals surface area contributed by atoms with E-state index in [4.69, 9.17) is 9.84 Å². The first-order valence-corrected chi connectivity index (χ1v) is 12.6. The quantitative estimate of drug-likeness (QED) is 0.369. The fourth-order valence-corrected chi connectivity index (χ4v) is 6.30. The van der Waals surface area contributed by atoms with E-state index in [1.807, 2.05) is 32.0 Å². The molecular weight excluding hydrogens is 448 g/mol. The van der Waals surface area contributed by atoms with Crippen LogP contribution in [0.25, 0.3) is 0 Å². The largest absolute Gasteiger partial charge is 0.481 e. The number of nitrogens with zero attached hydrogens (tertiary/aromatic N) is 2. The van der Waals surface area contributed by atoms with Crippen LogP contribution in [-0.4, -0.2) is 70.3 Å². The van der Waals surface area contributed by atoms with Crippen molar-refractivity contribution in [1.29, 1.82) is 0 Å².